The van der Waals surface area contributed by atoms with Gasteiger partial charge in [-0.2, -0.15) is 0 Å². The predicted octanol–water partition coefficient (Wildman–Crippen LogP) is -0.211. The third-order valence-corrected chi connectivity index (χ3v) is 1.71. The quantitative estimate of drug-likeness (QED) is 0.407. The largest absolute Gasteiger partial charge is 0.505 e. The number of nitrogens with two attached hydrogens (primary N) is 1. The zero-order chi connectivity index (χ0) is 11.4. The number of carbonyl (C=O) groups is 2. The molecular weight excluding hydrogens is 200 g/mol. The summed E-state index contributed by atoms with van der Waals surface area (Å²) in [5.74, 6) is -2.19. The molecule has 0 unspecified atom stereocenters. The number of hydrogen-bond donors (Lipinski definition) is 4. The first-order chi connectivity index (χ1) is 7.02. The first-order valence-electron chi connectivity index (χ1n) is 4.10. The standard InChI is InChI=1S/C9H10N2O4/c10-6-3-1-2-5(8(6)14)9(15)11-4-7(12)13/h1-3,14H,4,10H2,(H,11,15)(H,12,13). The number of carboxylic acid groups (broad SMARTS) is 1. The Bertz CT molecular complexity index is 403. The second-order valence-electron chi connectivity index (χ2n) is 2.82. The molecule has 0 atom stereocenters. The SMILES string of the molecule is Nc1cccc(C(=O)NCC(=O)O)c1O. The number of hydrogen-bond acceptors (Lipinski definition) is 4. The Hall–Kier alpha value is -2.24. The van der Waals surface area contributed by atoms with Crippen molar-refractivity contribution >= 4 is 17.6 Å². The van der Waals surface area contributed by atoms with E-state index in [1.807, 2.05) is 0 Å². The number of carboxylic acids is 1. The maximum Gasteiger partial charge on any atom is 0.322 e. The molecule has 1 aromatic rings. The van der Waals surface area contributed by atoms with Gasteiger partial charge in [0.2, 0.25) is 0 Å². The van der Waals surface area contributed by atoms with Crippen LogP contribution >= 0.6 is 0 Å². The first-order valence-corrected chi connectivity index (χ1v) is 4.10. The number of phenols is 1. The van der Waals surface area contributed by atoms with Crippen LogP contribution in [0.5, 0.6) is 5.75 Å². The molecule has 0 aromatic heterocycles. The van der Waals surface area contributed by atoms with Crippen LogP contribution in [-0.4, -0.2) is 28.6 Å². The van der Waals surface area contributed by atoms with Crippen molar-refractivity contribution < 1.29 is 19.8 Å². The lowest BCUT2D eigenvalue weighted by Gasteiger charge is -2.06. The average molecular weight is 210 g/mol. The van der Waals surface area contributed by atoms with E-state index in [4.69, 9.17) is 10.8 Å². The van der Waals surface area contributed by atoms with Crippen LogP contribution in [0.3, 0.4) is 0 Å². The fourth-order valence-electron chi connectivity index (χ4n) is 0.996. The summed E-state index contributed by atoms with van der Waals surface area (Å²) >= 11 is 0. The number of anilines is 1. The lowest BCUT2D eigenvalue weighted by molar-refractivity contribution is -0.135. The van der Waals surface area contributed by atoms with Crippen molar-refractivity contribution in [3.05, 3.63) is 23.8 Å². The molecule has 0 heterocycles. The minimum atomic E-state index is -1.16. The van der Waals surface area contributed by atoms with Gasteiger partial charge in [0.15, 0.2) is 5.75 Å². The molecule has 6 nitrogen and oxygen atoms in total. The number of para-hydroxylation sites is 1. The average Bonchev–Trinajstić information content (AvgIpc) is 2.18. The van der Waals surface area contributed by atoms with Gasteiger partial charge in [-0.3, -0.25) is 9.59 Å². The number of nitrogen functional groups attached to an aromatic ring is 1. The maximum atomic E-state index is 11.3. The molecule has 1 rings (SSSR count). The molecule has 0 bridgehead atoms. The summed E-state index contributed by atoms with van der Waals surface area (Å²) in [6.45, 7) is -0.507. The van der Waals surface area contributed by atoms with Crippen LogP contribution in [0.1, 0.15) is 10.4 Å². The van der Waals surface area contributed by atoms with Crippen molar-refractivity contribution in [3.8, 4) is 5.75 Å². The lowest BCUT2D eigenvalue weighted by Crippen LogP contribution is -2.29. The van der Waals surface area contributed by atoms with E-state index >= 15 is 0 Å². The van der Waals surface area contributed by atoms with E-state index in [1.165, 1.54) is 18.2 Å². The van der Waals surface area contributed by atoms with Gasteiger partial charge in [0.25, 0.3) is 5.91 Å². The molecule has 1 amide bonds. The monoisotopic (exact) mass is 210 g/mol. The number of phenolic OH excluding ortho intramolecular Hbond substituents is 1. The van der Waals surface area contributed by atoms with Crippen molar-refractivity contribution in [1.29, 1.82) is 0 Å². The summed E-state index contributed by atoms with van der Waals surface area (Å²) < 4.78 is 0. The van der Waals surface area contributed by atoms with E-state index in [9.17, 15) is 14.7 Å². The highest BCUT2D eigenvalue weighted by Crippen LogP contribution is 2.23. The third kappa shape index (κ3) is 2.60. The predicted molar refractivity (Wildman–Crippen MR) is 52.5 cm³/mol. The lowest BCUT2D eigenvalue weighted by atomic mass is 10.1. The van der Waals surface area contributed by atoms with Crippen LogP contribution in [-0.2, 0) is 4.79 Å². The van der Waals surface area contributed by atoms with Gasteiger partial charge in [0.1, 0.15) is 6.54 Å². The van der Waals surface area contributed by atoms with Crippen LogP contribution in [0.2, 0.25) is 0 Å². The fraction of sp³-hybridized carbons (Fsp3) is 0.111. The third-order valence-electron chi connectivity index (χ3n) is 1.71. The van der Waals surface area contributed by atoms with Gasteiger partial charge in [0.05, 0.1) is 11.3 Å². The number of aromatic hydroxyl groups is 1. The van der Waals surface area contributed by atoms with E-state index in [1.54, 1.807) is 0 Å². The molecule has 5 N–H and O–H groups in total. The minimum Gasteiger partial charge on any atom is -0.505 e. The highest BCUT2D eigenvalue weighted by atomic mass is 16.4. The van der Waals surface area contributed by atoms with E-state index in [0.29, 0.717) is 0 Å². The topological polar surface area (TPSA) is 113 Å². The van der Waals surface area contributed by atoms with Gasteiger partial charge >= 0.3 is 5.97 Å². The number of carbonyl (C=O) groups excluding carboxylic acids is 1. The van der Waals surface area contributed by atoms with Crippen molar-refractivity contribution in [3.63, 3.8) is 0 Å². The van der Waals surface area contributed by atoms with Crippen LogP contribution in [0.15, 0.2) is 18.2 Å². The van der Waals surface area contributed by atoms with Gasteiger partial charge in [-0.25, -0.2) is 0 Å². The Balaban J connectivity index is 2.82. The number of nitrogens with one attached hydrogen (secondary N) is 1. The van der Waals surface area contributed by atoms with E-state index < -0.39 is 18.4 Å². The van der Waals surface area contributed by atoms with E-state index in [-0.39, 0.29) is 17.0 Å². The number of amides is 1. The second-order valence-corrected chi connectivity index (χ2v) is 2.82. The van der Waals surface area contributed by atoms with Gasteiger partial charge in [-0.1, -0.05) is 6.07 Å². The Morgan fingerprint density at radius 3 is 2.67 bits per heavy atom. The van der Waals surface area contributed by atoms with Crippen LogP contribution in [0, 0.1) is 0 Å². The number of rotatable bonds is 3. The molecule has 0 saturated heterocycles. The molecular formula is C9H10N2O4. The number of benzene rings is 1. The van der Waals surface area contributed by atoms with Crippen LogP contribution in [0.4, 0.5) is 5.69 Å². The molecule has 1 aromatic carbocycles. The second kappa shape index (κ2) is 4.32. The van der Waals surface area contributed by atoms with Crippen molar-refractivity contribution in [2.24, 2.45) is 0 Å². The Labute approximate surface area is 85.3 Å². The van der Waals surface area contributed by atoms with Gasteiger partial charge in [-0.15, -0.1) is 0 Å². The Morgan fingerprint density at radius 2 is 2.07 bits per heavy atom. The van der Waals surface area contributed by atoms with E-state index in [0.717, 1.165) is 0 Å². The molecule has 0 aliphatic carbocycles. The normalized spacial score (nSPS) is 9.60. The highest BCUT2D eigenvalue weighted by molar-refractivity contribution is 5.99. The van der Waals surface area contributed by atoms with Gasteiger partial charge in [-0.05, 0) is 12.1 Å². The maximum absolute atomic E-state index is 11.3. The molecule has 0 radical (unpaired) electrons. The molecule has 0 aliphatic rings. The fourth-order valence-corrected chi connectivity index (χ4v) is 0.996. The first kappa shape index (κ1) is 10.8. The summed E-state index contributed by atoms with van der Waals surface area (Å²) in [7, 11) is 0. The van der Waals surface area contributed by atoms with Crippen LogP contribution < -0.4 is 11.1 Å². The molecule has 6 heteroatoms. The highest BCUT2D eigenvalue weighted by Gasteiger charge is 2.13. The van der Waals surface area contributed by atoms with Crippen molar-refractivity contribution in [2.75, 3.05) is 12.3 Å². The molecule has 0 fully saturated rings. The zero-order valence-corrected chi connectivity index (χ0v) is 7.73. The van der Waals surface area contributed by atoms with Gasteiger partial charge < -0.3 is 21.3 Å². The summed E-state index contributed by atoms with van der Waals surface area (Å²) in [5, 5.41) is 19.8. The molecule has 0 aliphatic heterocycles. The summed E-state index contributed by atoms with van der Waals surface area (Å²) in [6, 6.07) is 4.27. The summed E-state index contributed by atoms with van der Waals surface area (Å²) in [4.78, 5) is 21.5. The minimum absolute atomic E-state index is 0.0451. The molecule has 15 heavy (non-hydrogen) atoms. The summed E-state index contributed by atoms with van der Waals surface area (Å²) in [6.07, 6.45) is 0. The smallest absolute Gasteiger partial charge is 0.322 e. The zero-order valence-electron chi connectivity index (χ0n) is 7.73. The Kier molecular flexibility index (Phi) is 3.12. The number of aliphatic carboxylic acids is 1. The molecule has 80 valence electrons. The van der Waals surface area contributed by atoms with Crippen molar-refractivity contribution in [1.82, 2.24) is 5.32 Å². The van der Waals surface area contributed by atoms with Crippen molar-refractivity contribution in [2.45, 2.75) is 0 Å². The van der Waals surface area contributed by atoms with Crippen LogP contribution in [0.25, 0.3) is 0 Å². The summed E-state index contributed by atoms with van der Waals surface area (Å²) in [5.41, 5.74) is 5.39. The molecule has 0 spiro atoms. The van der Waals surface area contributed by atoms with E-state index in [2.05, 4.69) is 5.32 Å². The molecule has 0 saturated carbocycles. The Morgan fingerprint density at radius 1 is 1.40 bits per heavy atom. The van der Waals surface area contributed by atoms with Gasteiger partial charge in [0, 0.05) is 0 Å².